The van der Waals surface area contributed by atoms with Crippen molar-refractivity contribution >= 4 is 0 Å². The van der Waals surface area contributed by atoms with Gasteiger partial charge in [0.25, 0.3) is 0 Å². The average molecular weight is 284 g/mol. The van der Waals surface area contributed by atoms with Crippen LogP contribution in [0.25, 0.3) is 0 Å². The molecule has 0 fully saturated rings. The molecule has 0 radical (unpaired) electrons. The maximum atomic E-state index is 5.50. The van der Waals surface area contributed by atoms with E-state index in [1.165, 1.54) is 22.3 Å². The Morgan fingerprint density at radius 3 is 1.95 bits per heavy atom. The first-order valence-electron chi connectivity index (χ1n) is 7.46. The predicted octanol–water partition coefficient (Wildman–Crippen LogP) is 4.77. The van der Waals surface area contributed by atoms with Crippen LogP contribution < -0.4 is 9.47 Å². The SMILES string of the molecule is Cc1ccc(C)c(C)c1.Cc1ccc2c(c1)OCCCO2. The molecule has 0 aliphatic carbocycles. The smallest absolute Gasteiger partial charge is 0.161 e. The van der Waals surface area contributed by atoms with Gasteiger partial charge in [-0.3, -0.25) is 0 Å². The van der Waals surface area contributed by atoms with Crippen LogP contribution in [-0.4, -0.2) is 13.2 Å². The van der Waals surface area contributed by atoms with Crippen molar-refractivity contribution in [3.05, 3.63) is 58.7 Å². The van der Waals surface area contributed by atoms with Crippen molar-refractivity contribution in [3.8, 4) is 11.5 Å². The van der Waals surface area contributed by atoms with E-state index in [9.17, 15) is 0 Å². The molecular formula is C19H24O2. The summed E-state index contributed by atoms with van der Waals surface area (Å²) in [6.07, 6.45) is 0.966. The fourth-order valence-electron chi connectivity index (χ4n) is 2.16. The number of hydrogen-bond donors (Lipinski definition) is 0. The highest BCUT2D eigenvalue weighted by Crippen LogP contribution is 2.29. The Morgan fingerprint density at radius 1 is 0.667 bits per heavy atom. The van der Waals surface area contributed by atoms with Gasteiger partial charge < -0.3 is 9.47 Å². The third-order valence-corrected chi connectivity index (χ3v) is 3.57. The molecule has 0 saturated carbocycles. The standard InChI is InChI=1S/C10H12O2.C9H12/c1-8-3-4-9-10(7-8)12-6-2-5-11-9;1-7-4-5-8(2)9(3)6-7/h3-4,7H,2,5-6H2,1H3;4-6H,1-3H3. The molecule has 0 saturated heterocycles. The lowest BCUT2D eigenvalue weighted by molar-refractivity contribution is 0.297. The molecule has 2 heteroatoms. The molecule has 1 aliphatic heterocycles. The summed E-state index contributed by atoms with van der Waals surface area (Å²) in [6.45, 7) is 9.96. The van der Waals surface area contributed by atoms with Crippen LogP contribution in [0.15, 0.2) is 36.4 Å². The molecular weight excluding hydrogens is 260 g/mol. The van der Waals surface area contributed by atoms with Gasteiger partial charge in [0.05, 0.1) is 13.2 Å². The number of ether oxygens (including phenoxy) is 2. The van der Waals surface area contributed by atoms with Crippen molar-refractivity contribution in [2.45, 2.75) is 34.1 Å². The highest BCUT2D eigenvalue weighted by Gasteiger charge is 2.08. The second-order valence-corrected chi connectivity index (χ2v) is 5.59. The largest absolute Gasteiger partial charge is 0.490 e. The fraction of sp³-hybridized carbons (Fsp3) is 0.368. The number of rotatable bonds is 0. The van der Waals surface area contributed by atoms with E-state index in [1.807, 2.05) is 18.2 Å². The van der Waals surface area contributed by atoms with Crippen LogP contribution >= 0.6 is 0 Å². The van der Waals surface area contributed by atoms with Gasteiger partial charge in [-0.1, -0.05) is 29.8 Å². The summed E-state index contributed by atoms with van der Waals surface area (Å²) in [6, 6.07) is 12.5. The van der Waals surface area contributed by atoms with Crippen LogP contribution in [0.1, 0.15) is 28.7 Å². The van der Waals surface area contributed by atoms with Crippen LogP contribution in [0.3, 0.4) is 0 Å². The lowest BCUT2D eigenvalue weighted by Gasteiger charge is -2.06. The lowest BCUT2D eigenvalue weighted by atomic mass is 10.1. The van der Waals surface area contributed by atoms with E-state index in [2.05, 4.69) is 45.9 Å². The summed E-state index contributed by atoms with van der Waals surface area (Å²) in [4.78, 5) is 0. The highest BCUT2D eigenvalue weighted by molar-refractivity contribution is 5.42. The van der Waals surface area contributed by atoms with E-state index in [-0.39, 0.29) is 0 Å². The molecule has 0 bridgehead atoms. The van der Waals surface area contributed by atoms with E-state index in [1.54, 1.807) is 0 Å². The van der Waals surface area contributed by atoms with Gasteiger partial charge in [-0.05, 0) is 56.5 Å². The van der Waals surface area contributed by atoms with Gasteiger partial charge in [-0.25, -0.2) is 0 Å². The van der Waals surface area contributed by atoms with Gasteiger partial charge in [0.1, 0.15) is 0 Å². The van der Waals surface area contributed by atoms with Gasteiger partial charge >= 0.3 is 0 Å². The van der Waals surface area contributed by atoms with E-state index < -0.39 is 0 Å². The quantitative estimate of drug-likeness (QED) is 0.694. The van der Waals surface area contributed by atoms with Crippen LogP contribution in [0.5, 0.6) is 11.5 Å². The molecule has 0 unspecified atom stereocenters. The molecule has 0 N–H and O–H groups in total. The minimum atomic E-state index is 0.760. The van der Waals surface area contributed by atoms with Crippen LogP contribution in [-0.2, 0) is 0 Å². The van der Waals surface area contributed by atoms with Gasteiger partial charge in [-0.2, -0.15) is 0 Å². The molecule has 0 amide bonds. The van der Waals surface area contributed by atoms with Crippen molar-refractivity contribution in [3.63, 3.8) is 0 Å². The molecule has 3 rings (SSSR count). The van der Waals surface area contributed by atoms with E-state index in [0.717, 1.165) is 31.1 Å². The maximum absolute atomic E-state index is 5.50. The first kappa shape index (κ1) is 15.4. The van der Waals surface area contributed by atoms with Crippen molar-refractivity contribution in [2.75, 3.05) is 13.2 Å². The van der Waals surface area contributed by atoms with Crippen LogP contribution in [0.2, 0.25) is 0 Å². The summed E-state index contributed by atoms with van der Waals surface area (Å²) < 4.78 is 11.0. The van der Waals surface area contributed by atoms with Crippen molar-refractivity contribution in [1.29, 1.82) is 0 Å². The summed E-state index contributed by atoms with van der Waals surface area (Å²) >= 11 is 0. The first-order valence-corrected chi connectivity index (χ1v) is 7.46. The molecule has 112 valence electrons. The van der Waals surface area contributed by atoms with Gasteiger partial charge in [0, 0.05) is 6.42 Å². The number of benzene rings is 2. The Labute approximate surface area is 127 Å². The normalized spacial score (nSPS) is 13.0. The first-order chi connectivity index (χ1) is 10.1. The number of fused-ring (bicyclic) bond motifs is 1. The molecule has 21 heavy (non-hydrogen) atoms. The Bertz CT molecular complexity index is 603. The van der Waals surface area contributed by atoms with Crippen LogP contribution in [0, 0.1) is 27.7 Å². The zero-order valence-electron chi connectivity index (χ0n) is 13.4. The van der Waals surface area contributed by atoms with Crippen molar-refractivity contribution < 1.29 is 9.47 Å². The van der Waals surface area contributed by atoms with Crippen molar-refractivity contribution in [2.24, 2.45) is 0 Å². The van der Waals surface area contributed by atoms with E-state index in [4.69, 9.17) is 9.47 Å². The Morgan fingerprint density at radius 2 is 1.29 bits per heavy atom. The summed E-state index contributed by atoms with van der Waals surface area (Å²) in [5, 5.41) is 0. The second-order valence-electron chi connectivity index (χ2n) is 5.59. The minimum absolute atomic E-state index is 0.760. The monoisotopic (exact) mass is 284 g/mol. The Balaban J connectivity index is 0.000000161. The summed E-state index contributed by atoms with van der Waals surface area (Å²) in [5.74, 6) is 1.76. The fourth-order valence-corrected chi connectivity index (χ4v) is 2.16. The van der Waals surface area contributed by atoms with Crippen LogP contribution in [0.4, 0.5) is 0 Å². The Kier molecular flexibility index (Phi) is 5.26. The third kappa shape index (κ3) is 4.52. The molecule has 2 nitrogen and oxygen atoms in total. The molecule has 0 atom stereocenters. The third-order valence-electron chi connectivity index (χ3n) is 3.57. The molecule has 0 aromatic heterocycles. The summed E-state index contributed by atoms with van der Waals surface area (Å²) in [5.41, 5.74) is 5.31. The maximum Gasteiger partial charge on any atom is 0.161 e. The van der Waals surface area contributed by atoms with E-state index in [0.29, 0.717) is 0 Å². The zero-order valence-corrected chi connectivity index (χ0v) is 13.4. The average Bonchev–Trinajstić information content (AvgIpc) is 2.68. The summed E-state index contributed by atoms with van der Waals surface area (Å²) in [7, 11) is 0. The molecule has 1 aliphatic rings. The number of aryl methyl sites for hydroxylation is 4. The lowest BCUT2D eigenvalue weighted by Crippen LogP contribution is -1.97. The van der Waals surface area contributed by atoms with Gasteiger partial charge in [0.2, 0.25) is 0 Å². The molecule has 0 spiro atoms. The number of hydrogen-bond acceptors (Lipinski definition) is 2. The highest BCUT2D eigenvalue weighted by atomic mass is 16.5. The molecule has 2 aromatic rings. The Hall–Kier alpha value is -1.96. The van der Waals surface area contributed by atoms with E-state index >= 15 is 0 Å². The van der Waals surface area contributed by atoms with Gasteiger partial charge in [0.15, 0.2) is 11.5 Å². The second kappa shape index (κ2) is 7.16. The zero-order chi connectivity index (χ0) is 15.2. The molecule has 1 heterocycles. The van der Waals surface area contributed by atoms with Gasteiger partial charge in [-0.15, -0.1) is 0 Å². The molecule has 2 aromatic carbocycles. The predicted molar refractivity (Wildman–Crippen MR) is 87.4 cm³/mol. The topological polar surface area (TPSA) is 18.5 Å². The van der Waals surface area contributed by atoms with Crippen molar-refractivity contribution in [1.82, 2.24) is 0 Å². The minimum Gasteiger partial charge on any atom is -0.490 e.